The molecule has 0 saturated heterocycles. The molecule has 0 aromatic rings. The lowest BCUT2D eigenvalue weighted by Gasteiger charge is -1.90. The number of rotatable bonds is 5. The number of aliphatic hydroxyl groups excluding tert-OH is 2. The van der Waals surface area contributed by atoms with E-state index in [0.29, 0.717) is 24.3 Å². The smallest absolute Gasteiger partial charge is 0.328 e. The van der Waals surface area contributed by atoms with Crippen molar-refractivity contribution >= 4 is 23.9 Å². The SMILES string of the molecule is CC(O)CO.O=C(O)/C=C\C(=O)O.O=C(O)/C=C\C(=O)O. The normalized spacial score (nSPS) is 10.8. The van der Waals surface area contributed by atoms with Crippen LogP contribution in [0.1, 0.15) is 6.92 Å². The van der Waals surface area contributed by atoms with Gasteiger partial charge in [0.2, 0.25) is 0 Å². The van der Waals surface area contributed by atoms with Gasteiger partial charge in [-0.3, -0.25) is 0 Å². The third-order valence-corrected chi connectivity index (χ3v) is 1.00. The van der Waals surface area contributed by atoms with Crippen LogP contribution < -0.4 is 0 Å². The van der Waals surface area contributed by atoms with Gasteiger partial charge in [-0.25, -0.2) is 19.2 Å². The molecular formula is C11H16O10. The van der Waals surface area contributed by atoms with Gasteiger partial charge in [0.15, 0.2) is 0 Å². The van der Waals surface area contributed by atoms with Crippen molar-refractivity contribution in [2.24, 2.45) is 0 Å². The summed E-state index contributed by atoms with van der Waals surface area (Å²) in [7, 11) is 0. The van der Waals surface area contributed by atoms with Gasteiger partial charge in [-0.2, -0.15) is 0 Å². The molecule has 0 radical (unpaired) electrons. The van der Waals surface area contributed by atoms with Crippen LogP contribution in [0.15, 0.2) is 24.3 Å². The Morgan fingerprint density at radius 1 is 0.762 bits per heavy atom. The Bertz CT molecular complexity index is 328. The molecule has 1 unspecified atom stereocenters. The molecule has 0 saturated carbocycles. The second kappa shape index (κ2) is 15.3. The quantitative estimate of drug-likeness (QED) is 0.336. The van der Waals surface area contributed by atoms with Crippen molar-refractivity contribution in [1.82, 2.24) is 0 Å². The molecule has 6 N–H and O–H groups in total. The molecule has 0 aliphatic carbocycles. The average Bonchev–Trinajstić information content (AvgIpc) is 2.35. The van der Waals surface area contributed by atoms with E-state index in [0.717, 1.165) is 0 Å². The highest BCUT2D eigenvalue weighted by Gasteiger charge is 1.88. The van der Waals surface area contributed by atoms with Gasteiger partial charge < -0.3 is 30.6 Å². The Hall–Kier alpha value is -2.72. The minimum absolute atomic E-state index is 0.139. The van der Waals surface area contributed by atoms with E-state index in [-0.39, 0.29) is 6.61 Å². The van der Waals surface area contributed by atoms with Gasteiger partial charge in [0.05, 0.1) is 12.7 Å². The molecule has 0 amide bonds. The van der Waals surface area contributed by atoms with Crippen LogP contribution in [0.5, 0.6) is 0 Å². The molecule has 0 aliphatic heterocycles. The Kier molecular flexibility index (Phi) is 17.1. The average molecular weight is 308 g/mol. The molecule has 0 spiro atoms. The number of carboxylic acid groups (broad SMARTS) is 4. The molecule has 1 atom stereocenters. The van der Waals surface area contributed by atoms with Crippen molar-refractivity contribution in [1.29, 1.82) is 0 Å². The first-order valence-electron chi connectivity index (χ1n) is 5.09. The highest BCUT2D eigenvalue weighted by molar-refractivity contribution is 5.90. The Morgan fingerprint density at radius 2 is 0.905 bits per heavy atom. The van der Waals surface area contributed by atoms with Crippen LogP contribution in [0, 0.1) is 0 Å². The van der Waals surface area contributed by atoms with Crippen LogP contribution in [0.3, 0.4) is 0 Å². The number of hydrogen-bond acceptors (Lipinski definition) is 6. The molecule has 0 bridgehead atoms. The first-order chi connectivity index (χ1) is 9.52. The summed E-state index contributed by atoms with van der Waals surface area (Å²) in [6.07, 6.45) is 1.67. The van der Waals surface area contributed by atoms with E-state index < -0.39 is 30.0 Å². The molecule has 10 nitrogen and oxygen atoms in total. The van der Waals surface area contributed by atoms with Gasteiger partial charge in [-0.1, -0.05) is 0 Å². The zero-order valence-electron chi connectivity index (χ0n) is 10.9. The number of carbonyl (C=O) groups is 4. The van der Waals surface area contributed by atoms with E-state index in [4.69, 9.17) is 30.6 Å². The van der Waals surface area contributed by atoms with E-state index in [1.165, 1.54) is 6.92 Å². The predicted molar refractivity (Wildman–Crippen MR) is 67.6 cm³/mol. The van der Waals surface area contributed by atoms with Gasteiger partial charge in [0.1, 0.15) is 0 Å². The molecule has 0 rings (SSSR count). The minimum Gasteiger partial charge on any atom is -0.478 e. The number of aliphatic carboxylic acids is 4. The van der Waals surface area contributed by atoms with Crippen molar-refractivity contribution < 1.29 is 49.8 Å². The summed E-state index contributed by atoms with van der Waals surface area (Å²) in [4.78, 5) is 38.2. The highest BCUT2D eigenvalue weighted by Crippen LogP contribution is 1.71. The van der Waals surface area contributed by atoms with Crippen LogP contribution in [-0.2, 0) is 19.2 Å². The fraction of sp³-hybridized carbons (Fsp3) is 0.273. The fourth-order valence-electron chi connectivity index (χ4n) is 0.285. The lowest BCUT2D eigenvalue weighted by molar-refractivity contribution is -0.134. The molecule has 0 fully saturated rings. The van der Waals surface area contributed by atoms with Crippen LogP contribution in [0.25, 0.3) is 0 Å². The number of aliphatic hydroxyl groups is 2. The zero-order valence-corrected chi connectivity index (χ0v) is 10.9. The summed E-state index contributed by atoms with van der Waals surface area (Å²) in [6, 6.07) is 0. The van der Waals surface area contributed by atoms with Crippen LogP contribution in [0.4, 0.5) is 0 Å². The molecule has 21 heavy (non-hydrogen) atoms. The molecule has 0 heterocycles. The summed E-state index contributed by atoms with van der Waals surface area (Å²) >= 11 is 0. The fourth-order valence-corrected chi connectivity index (χ4v) is 0.285. The summed E-state index contributed by atoms with van der Waals surface area (Å²) in [5.74, 6) is -5.03. The molecule has 10 heteroatoms. The van der Waals surface area contributed by atoms with Crippen molar-refractivity contribution in [2.45, 2.75) is 13.0 Å². The second-order valence-electron chi connectivity index (χ2n) is 3.05. The van der Waals surface area contributed by atoms with Gasteiger partial charge >= 0.3 is 23.9 Å². The van der Waals surface area contributed by atoms with E-state index in [9.17, 15) is 19.2 Å². The van der Waals surface area contributed by atoms with E-state index >= 15 is 0 Å². The maximum Gasteiger partial charge on any atom is 0.328 e. The van der Waals surface area contributed by atoms with Crippen molar-refractivity contribution in [3.63, 3.8) is 0 Å². The van der Waals surface area contributed by atoms with Gasteiger partial charge in [-0.05, 0) is 6.92 Å². The maximum atomic E-state index is 9.55. The maximum absolute atomic E-state index is 9.55. The standard InChI is InChI=1S/2C4H4O4.C3H8O2/c2*5-3(6)1-2-4(7)8;1-3(5)2-4/h2*1-2H,(H,5,6)(H,7,8);3-5H,2H2,1H3/b2*2-1-;. The minimum atomic E-state index is -1.26. The summed E-state index contributed by atoms with van der Waals surface area (Å²) in [6.45, 7) is 1.39. The Morgan fingerprint density at radius 3 is 0.952 bits per heavy atom. The molecular weight excluding hydrogens is 292 g/mol. The largest absolute Gasteiger partial charge is 0.478 e. The summed E-state index contributed by atoms with van der Waals surface area (Å²) in [5, 5.41) is 47.3. The predicted octanol–water partition coefficient (Wildman–Crippen LogP) is -1.22. The lowest BCUT2D eigenvalue weighted by Crippen LogP contribution is -2.03. The topological polar surface area (TPSA) is 190 Å². The zero-order chi connectivity index (χ0) is 17.4. The summed E-state index contributed by atoms with van der Waals surface area (Å²) in [5.41, 5.74) is 0. The van der Waals surface area contributed by atoms with Crippen molar-refractivity contribution in [3.8, 4) is 0 Å². The van der Waals surface area contributed by atoms with Crippen LogP contribution in [0.2, 0.25) is 0 Å². The van der Waals surface area contributed by atoms with Gasteiger partial charge in [0.25, 0.3) is 0 Å². The van der Waals surface area contributed by atoms with E-state index in [1.54, 1.807) is 0 Å². The number of hydrogen-bond donors (Lipinski definition) is 6. The van der Waals surface area contributed by atoms with Crippen molar-refractivity contribution in [3.05, 3.63) is 24.3 Å². The van der Waals surface area contributed by atoms with Gasteiger partial charge in [-0.15, -0.1) is 0 Å². The third-order valence-electron chi connectivity index (χ3n) is 1.00. The molecule has 120 valence electrons. The van der Waals surface area contributed by atoms with Crippen molar-refractivity contribution in [2.75, 3.05) is 6.61 Å². The van der Waals surface area contributed by atoms with Gasteiger partial charge in [0, 0.05) is 24.3 Å². The van der Waals surface area contributed by atoms with Crippen LogP contribution in [-0.4, -0.2) is 67.2 Å². The first-order valence-corrected chi connectivity index (χ1v) is 5.09. The molecule has 0 aromatic carbocycles. The monoisotopic (exact) mass is 308 g/mol. The van der Waals surface area contributed by atoms with E-state index in [2.05, 4.69) is 0 Å². The third kappa shape index (κ3) is 46.8. The highest BCUT2D eigenvalue weighted by atomic mass is 16.4. The Labute approximate surface area is 118 Å². The molecule has 0 aliphatic rings. The lowest BCUT2D eigenvalue weighted by atomic mass is 10.5. The molecule has 0 aromatic heterocycles. The summed E-state index contributed by atoms with van der Waals surface area (Å²) < 4.78 is 0. The first kappa shape index (κ1) is 23.4. The Balaban J connectivity index is -0.000000239. The van der Waals surface area contributed by atoms with E-state index in [1.807, 2.05) is 0 Å². The number of carboxylic acids is 4. The second-order valence-corrected chi connectivity index (χ2v) is 3.05. The van der Waals surface area contributed by atoms with Crippen LogP contribution >= 0.6 is 0 Å².